The zero-order valence-electron chi connectivity index (χ0n) is 12.0. The van der Waals surface area contributed by atoms with Crippen molar-refractivity contribution in [3.05, 3.63) is 35.1 Å². The fourth-order valence-electron chi connectivity index (χ4n) is 2.64. The van der Waals surface area contributed by atoms with E-state index in [2.05, 4.69) is 5.32 Å². The molecular weight excluding hydrogens is 318 g/mol. The van der Waals surface area contributed by atoms with Gasteiger partial charge in [0.25, 0.3) is 5.91 Å². The summed E-state index contributed by atoms with van der Waals surface area (Å²) < 4.78 is 51.2. The number of carboxylic acids is 1. The Morgan fingerprint density at radius 3 is 2.22 bits per heavy atom. The van der Waals surface area contributed by atoms with E-state index in [1.807, 2.05) is 0 Å². The van der Waals surface area contributed by atoms with Gasteiger partial charge in [0.2, 0.25) is 0 Å². The van der Waals surface area contributed by atoms with Crippen LogP contribution in [-0.4, -0.2) is 23.0 Å². The molecule has 126 valence electrons. The lowest BCUT2D eigenvalue weighted by Crippen LogP contribution is -2.38. The van der Waals surface area contributed by atoms with E-state index in [-0.39, 0.29) is 6.04 Å². The molecule has 4 nitrogen and oxygen atoms in total. The van der Waals surface area contributed by atoms with Crippen molar-refractivity contribution in [2.75, 3.05) is 0 Å². The van der Waals surface area contributed by atoms with Crippen molar-refractivity contribution < 1.29 is 32.3 Å². The van der Waals surface area contributed by atoms with Crippen LogP contribution in [0.5, 0.6) is 0 Å². The Hall–Kier alpha value is -2.12. The zero-order chi connectivity index (χ0) is 17.2. The molecule has 0 atom stereocenters. The topological polar surface area (TPSA) is 66.4 Å². The summed E-state index contributed by atoms with van der Waals surface area (Å²) in [6.45, 7) is 0. The van der Waals surface area contributed by atoms with Crippen LogP contribution in [0.1, 0.15) is 41.6 Å². The summed E-state index contributed by atoms with van der Waals surface area (Å²) >= 11 is 0. The molecule has 2 N–H and O–H groups in total. The average Bonchev–Trinajstić information content (AvgIpc) is 2.46. The second-order valence-corrected chi connectivity index (χ2v) is 5.59. The minimum atomic E-state index is -4.74. The number of aliphatic carboxylic acids is 1. The van der Waals surface area contributed by atoms with Crippen molar-refractivity contribution in [2.45, 2.75) is 37.9 Å². The molecule has 0 unspecified atom stereocenters. The molecule has 0 saturated heterocycles. The number of halogens is 4. The number of hydrogen-bond donors (Lipinski definition) is 2. The number of nitrogens with one attached hydrogen (secondary N) is 1. The monoisotopic (exact) mass is 333 g/mol. The molecule has 2 rings (SSSR count). The largest absolute Gasteiger partial charge is 0.481 e. The van der Waals surface area contributed by atoms with Gasteiger partial charge in [-0.05, 0) is 43.9 Å². The third-order valence-electron chi connectivity index (χ3n) is 3.90. The van der Waals surface area contributed by atoms with Crippen LogP contribution >= 0.6 is 0 Å². The van der Waals surface area contributed by atoms with Crippen molar-refractivity contribution in [3.63, 3.8) is 0 Å². The molecule has 0 bridgehead atoms. The SMILES string of the molecule is O=C(NC1CCC(C(=O)O)CC1)c1cc(F)cc(C(F)(F)F)c1. The van der Waals surface area contributed by atoms with Gasteiger partial charge in [0.1, 0.15) is 5.82 Å². The Bertz CT molecular complexity index is 607. The van der Waals surface area contributed by atoms with Crippen molar-refractivity contribution in [1.82, 2.24) is 5.32 Å². The smallest absolute Gasteiger partial charge is 0.416 e. The first kappa shape index (κ1) is 17.2. The molecule has 1 aromatic carbocycles. The van der Waals surface area contributed by atoms with Crippen LogP contribution in [0.2, 0.25) is 0 Å². The number of hydrogen-bond acceptors (Lipinski definition) is 2. The van der Waals surface area contributed by atoms with Gasteiger partial charge in [0.05, 0.1) is 11.5 Å². The summed E-state index contributed by atoms with van der Waals surface area (Å²) in [5, 5.41) is 11.4. The summed E-state index contributed by atoms with van der Waals surface area (Å²) in [6.07, 6.45) is -3.13. The zero-order valence-corrected chi connectivity index (χ0v) is 12.0. The normalized spacial score (nSPS) is 21.7. The number of carboxylic acid groups (broad SMARTS) is 1. The molecule has 23 heavy (non-hydrogen) atoms. The maximum Gasteiger partial charge on any atom is 0.416 e. The molecule has 8 heteroatoms. The highest BCUT2D eigenvalue weighted by atomic mass is 19.4. The first-order valence-corrected chi connectivity index (χ1v) is 7.08. The lowest BCUT2D eigenvalue weighted by atomic mass is 9.86. The maximum absolute atomic E-state index is 13.3. The molecule has 1 aliphatic rings. The van der Waals surface area contributed by atoms with Gasteiger partial charge in [-0.1, -0.05) is 0 Å². The summed E-state index contributed by atoms with van der Waals surface area (Å²) in [6, 6.07) is 1.35. The summed E-state index contributed by atoms with van der Waals surface area (Å²) in [5.41, 5.74) is -1.63. The average molecular weight is 333 g/mol. The highest BCUT2D eigenvalue weighted by molar-refractivity contribution is 5.94. The number of carbonyl (C=O) groups excluding carboxylic acids is 1. The fraction of sp³-hybridized carbons (Fsp3) is 0.467. The van der Waals surface area contributed by atoms with E-state index in [1.54, 1.807) is 0 Å². The van der Waals surface area contributed by atoms with Gasteiger partial charge >= 0.3 is 12.1 Å². The standard InChI is InChI=1S/C15H15F4NO3/c16-11-6-9(5-10(7-11)15(17,18)19)13(21)20-12-3-1-8(2-4-12)14(22)23/h5-8,12H,1-4H2,(H,20,21)(H,22,23). The number of alkyl halides is 3. The van der Waals surface area contributed by atoms with Gasteiger partial charge in [0.15, 0.2) is 0 Å². The highest BCUT2D eigenvalue weighted by Crippen LogP contribution is 2.30. The number of carbonyl (C=O) groups is 2. The van der Waals surface area contributed by atoms with Crippen LogP contribution in [0.3, 0.4) is 0 Å². The van der Waals surface area contributed by atoms with Crippen LogP contribution in [-0.2, 0) is 11.0 Å². The van der Waals surface area contributed by atoms with E-state index in [9.17, 15) is 27.2 Å². The summed E-state index contributed by atoms with van der Waals surface area (Å²) in [7, 11) is 0. The van der Waals surface area contributed by atoms with E-state index in [0.717, 1.165) is 6.07 Å². The summed E-state index contributed by atoms with van der Waals surface area (Å²) in [5.74, 6) is -3.29. The van der Waals surface area contributed by atoms with Gasteiger partial charge in [-0.2, -0.15) is 13.2 Å². The van der Waals surface area contributed by atoms with Crippen LogP contribution < -0.4 is 5.32 Å². The predicted octanol–water partition coefficient (Wildman–Crippen LogP) is 3.22. The van der Waals surface area contributed by atoms with Crippen molar-refractivity contribution in [3.8, 4) is 0 Å². The van der Waals surface area contributed by atoms with Gasteiger partial charge in [-0.25, -0.2) is 4.39 Å². The number of amides is 1. The molecule has 0 radical (unpaired) electrons. The van der Waals surface area contributed by atoms with E-state index in [4.69, 9.17) is 5.11 Å². The van der Waals surface area contributed by atoms with Crippen LogP contribution in [0.4, 0.5) is 17.6 Å². The molecule has 1 aromatic rings. The molecular formula is C15H15F4NO3. The van der Waals surface area contributed by atoms with E-state index >= 15 is 0 Å². The lowest BCUT2D eigenvalue weighted by molar-refractivity contribution is -0.143. The van der Waals surface area contributed by atoms with Crippen molar-refractivity contribution in [2.24, 2.45) is 5.92 Å². The quantitative estimate of drug-likeness (QED) is 0.835. The first-order chi connectivity index (χ1) is 10.7. The second kappa shape index (κ2) is 6.55. The van der Waals surface area contributed by atoms with Gasteiger partial charge in [-0.3, -0.25) is 9.59 Å². The molecule has 0 heterocycles. The molecule has 1 saturated carbocycles. The van der Waals surface area contributed by atoms with Crippen LogP contribution in [0, 0.1) is 11.7 Å². The van der Waals surface area contributed by atoms with E-state index in [1.165, 1.54) is 0 Å². The number of benzene rings is 1. The van der Waals surface area contributed by atoms with E-state index < -0.39 is 40.9 Å². The van der Waals surface area contributed by atoms with E-state index in [0.29, 0.717) is 37.8 Å². The third-order valence-corrected chi connectivity index (χ3v) is 3.90. The minimum absolute atomic E-state index is 0.323. The Balaban J connectivity index is 2.04. The molecule has 0 spiro atoms. The molecule has 0 aliphatic heterocycles. The minimum Gasteiger partial charge on any atom is -0.481 e. The second-order valence-electron chi connectivity index (χ2n) is 5.59. The fourth-order valence-corrected chi connectivity index (χ4v) is 2.64. The molecule has 1 aliphatic carbocycles. The third kappa shape index (κ3) is 4.43. The van der Waals surface area contributed by atoms with Crippen LogP contribution in [0.15, 0.2) is 18.2 Å². The lowest BCUT2D eigenvalue weighted by Gasteiger charge is -2.26. The Morgan fingerprint density at radius 2 is 1.70 bits per heavy atom. The van der Waals surface area contributed by atoms with Crippen molar-refractivity contribution in [1.29, 1.82) is 0 Å². The Labute approximate surface area is 129 Å². The molecule has 1 amide bonds. The summed E-state index contributed by atoms with van der Waals surface area (Å²) in [4.78, 5) is 22.8. The van der Waals surface area contributed by atoms with Gasteiger partial charge in [0, 0.05) is 11.6 Å². The molecule has 1 fully saturated rings. The van der Waals surface area contributed by atoms with Crippen LogP contribution in [0.25, 0.3) is 0 Å². The van der Waals surface area contributed by atoms with Crippen molar-refractivity contribution >= 4 is 11.9 Å². The Kier molecular flexibility index (Phi) is 4.91. The van der Waals surface area contributed by atoms with Gasteiger partial charge < -0.3 is 10.4 Å². The number of rotatable bonds is 3. The maximum atomic E-state index is 13.3. The molecule has 0 aromatic heterocycles. The van der Waals surface area contributed by atoms with Gasteiger partial charge in [-0.15, -0.1) is 0 Å². The Morgan fingerprint density at radius 1 is 1.09 bits per heavy atom. The first-order valence-electron chi connectivity index (χ1n) is 7.08. The highest BCUT2D eigenvalue weighted by Gasteiger charge is 2.32. The predicted molar refractivity (Wildman–Crippen MR) is 72.3 cm³/mol.